The zero-order chi connectivity index (χ0) is 24.4. The van der Waals surface area contributed by atoms with E-state index in [0.29, 0.717) is 23.9 Å². The highest BCUT2D eigenvalue weighted by atomic mass is 35.5. The molecule has 0 spiro atoms. The minimum Gasteiger partial charge on any atom is -0.364 e. The third-order valence-electron chi connectivity index (χ3n) is 5.81. The van der Waals surface area contributed by atoms with E-state index in [2.05, 4.69) is 9.97 Å². The van der Waals surface area contributed by atoms with E-state index in [0.717, 1.165) is 23.6 Å². The largest absolute Gasteiger partial charge is 0.364 e. The Morgan fingerprint density at radius 1 is 1.09 bits per heavy atom. The number of fused-ring (bicyclic) bond motifs is 2. The summed E-state index contributed by atoms with van der Waals surface area (Å²) < 4.78 is 39.8. The van der Waals surface area contributed by atoms with Crippen molar-refractivity contribution in [3.8, 4) is 0 Å². The maximum absolute atomic E-state index is 13.5. The monoisotopic (exact) mass is 485 g/mol. The van der Waals surface area contributed by atoms with E-state index >= 15 is 0 Å². The Morgan fingerprint density at radius 3 is 2.65 bits per heavy atom. The summed E-state index contributed by atoms with van der Waals surface area (Å²) in [6.07, 6.45) is 5.07. The average molecular weight is 486 g/mol. The summed E-state index contributed by atoms with van der Waals surface area (Å²) in [4.78, 5) is 29.0. The number of pyridine rings is 2. The van der Waals surface area contributed by atoms with Gasteiger partial charge in [-0.2, -0.15) is 0 Å². The van der Waals surface area contributed by atoms with Crippen LogP contribution >= 0.6 is 11.6 Å². The quantitative estimate of drug-likeness (QED) is 0.389. The number of hydrogen-bond donors (Lipinski definition) is 2. The molecule has 0 saturated carbocycles. The second-order valence-corrected chi connectivity index (χ2v) is 8.28. The van der Waals surface area contributed by atoms with Gasteiger partial charge in [-0.15, -0.1) is 0 Å². The second-order valence-electron chi connectivity index (χ2n) is 7.91. The Balaban J connectivity index is 0.000000172. The number of aromatic amines is 1. The molecule has 2 heterocycles. The van der Waals surface area contributed by atoms with Crippen LogP contribution < -0.4 is 11.2 Å². The molecule has 5 rings (SSSR count). The van der Waals surface area contributed by atoms with Crippen LogP contribution in [-0.2, 0) is 12.8 Å². The van der Waals surface area contributed by atoms with Crippen molar-refractivity contribution in [3.63, 3.8) is 0 Å². The zero-order valence-corrected chi connectivity index (χ0v) is 18.5. The number of amides is 1. The van der Waals surface area contributed by atoms with Crippen molar-refractivity contribution in [2.75, 3.05) is 0 Å². The van der Waals surface area contributed by atoms with Gasteiger partial charge in [0.05, 0.1) is 15.9 Å². The third kappa shape index (κ3) is 4.68. The number of hydrogen-bond acceptors (Lipinski definition) is 3. The molecule has 1 atom stereocenters. The number of primary amides is 1. The van der Waals surface area contributed by atoms with Gasteiger partial charge in [0, 0.05) is 18.5 Å². The molecule has 3 N–H and O–H groups in total. The van der Waals surface area contributed by atoms with E-state index in [9.17, 15) is 22.8 Å². The van der Waals surface area contributed by atoms with Crippen LogP contribution in [0, 0.1) is 17.5 Å². The normalized spacial score (nSPS) is 14.8. The zero-order valence-electron chi connectivity index (χ0n) is 17.7. The van der Waals surface area contributed by atoms with Gasteiger partial charge in [-0.05, 0) is 66.1 Å². The van der Waals surface area contributed by atoms with Gasteiger partial charge >= 0.3 is 0 Å². The Labute approximate surface area is 197 Å². The summed E-state index contributed by atoms with van der Waals surface area (Å²) >= 11 is 5.91. The van der Waals surface area contributed by atoms with Crippen molar-refractivity contribution < 1.29 is 18.0 Å². The Morgan fingerprint density at radius 2 is 1.88 bits per heavy atom. The first-order valence-corrected chi connectivity index (χ1v) is 10.8. The number of rotatable bonds is 2. The van der Waals surface area contributed by atoms with Gasteiger partial charge < -0.3 is 10.7 Å². The van der Waals surface area contributed by atoms with Gasteiger partial charge in [0.2, 0.25) is 0 Å². The molecule has 1 amide bonds. The van der Waals surface area contributed by atoms with Crippen molar-refractivity contribution >= 4 is 28.4 Å². The summed E-state index contributed by atoms with van der Waals surface area (Å²) in [5, 5.41) is 0.100. The molecular formula is C25H19ClF3N3O2. The fraction of sp³-hybridized carbons (Fsp3) is 0.160. The molecule has 2 aromatic heterocycles. The second kappa shape index (κ2) is 9.69. The van der Waals surface area contributed by atoms with Gasteiger partial charge in [-0.3, -0.25) is 14.6 Å². The predicted molar refractivity (Wildman–Crippen MR) is 123 cm³/mol. The van der Waals surface area contributed by atoms with E-state index < -0.39 is 17.5 Å². The first-order valence-electron chi connectivity index (χ1n) is 10.4. The molecule has 1 aliphatic carbocycles. The molecule has 2 aromatic carbocycles. The molecular weight excluding hydrogens is 467 g/mol. The fourth-order valence-electron chi connectivity index (χ4n) is 4.15. The topological polar surface area (TPSA) is 88.8 Å². The third-order valence-corrected chi connectivity index (χ3v) is 6.19. The van der Waals surface area contributed by atoms with E-state index in [4.69, 9.17) is 17.3 Å². The van der Waals surface area contributed by atoms with Crippen molar-refractivity contribution in [2.45, 2.75) is 25.2 Å². The van der Waals surface area contributed by atoms with Crippen LogP contribution in [0.3, 0.4) is 0 Å². The van der Waals surface area contributed by atoms with Gasteiger partial charge in [-0.25, -0.2) is 13.2 Å². The van der Waals surface area contributed by atoms with Crippen LogP contribution in [0.4, 0.5) is 13.2 Å². The van der Waals surface area contributed by atoms with Crippen molar-refractivity contribution in [1.29, 1.82) is 0 Å². The number of nitrogens with one attached hydrogen (secondary N) is 1. The van der Waals surface area contributed by atoms with Crippen molar-refractivity contribution in [3.05, 3.63) is 110 Å². The van der Waals surface area contributed by atoms with E-state index in [1.807, 2.05) is 0 Å². The fourth-order valence-corrected chi connectivity index (χ4v) is 4.46. The number of nitrogens with two attached hydrogens (primary N) is 1. The summed E-state index contributed by atoms with van der Waals surface area (Å²) in [5.74, 6) is -2.83. The molecule has 5 nitrogen and oxygen atoms in total. The molecule has 4 aromatic rings. The van der Waals surface area contributed by atoms with Crippen molar-refractivity contribution in [2.24, 2.45) is 5.73 Å². The maximum atomic E-state index is 13.5. The number of H-pyrrole nitrogens is 1. The Bertz CT molecular complexity index is 1450. The van der Waals surface area contributed by atoms with Gasteiger partial charge in [0.15, 0.2) is 17.1 Å². The Kier molecular flexibility index (Phi) is 6.70. The maximum Gasteiger partial charge on any atom is 0.268 e. The van der Waals surface area contributed by atoms with E-state index in [1.165, 1.54) is 24.5 Å². The molecule has 1 aliphatic rings. The van der Waals surface area contributed by atoms with Crippen LogP contribution in [0.2, 0.25) is 5.02 Å². The summed E-state index contributed by atoms with van der Waals surface area (Å²) in [5.41, 5.74) is 8.05. The minimum absolute atomic E-state index is 0.00403. The number of nitrogens with zero attached hydrogens (tertiary/aromatic N) is 1. The highest BCUT2D eigenvalue weighted by Gasteiger charge is 2.24. The number of aromatic nitrogens is 2. The van der Waals surface area contributed by atoms with Crippen LogP contribution in [-0.4, -0.2) is 15.9 Å². The van der Waals surface area contributed by atoms with Crippen LogP contribution in [0.25, 0.3) is 10.9 Å². The number of halogens is 4. The number of carbonyl (C=O) groups is 1. The number of carbonyl (C=O) groups excluding carboxylic acids is 1. The molecule has 0 radical (unpaired) electrons. The summed E-state index contributed by atoms with van der Waals surface area (Å²) in [7, 11) is 0. The number of aryl methyl sites for hydroxylation is 1. The standard InChI is InChI=1S/C16H12ClF3.C9H7N3O2/c17-15-13(5-6-14(19)16(15)20)11-2-1-10-8-12(18)4-3-9(10)7-11;10-9(14)8-7-5(1-3-12-8)11-4-2-6(7)13/h3-6,8,11H,1-2,7H2;1-4H,(H2,10,14)(H,11,13)/t11-;/m1./s1. The first-order chi connectivity index (χ1) is 16.3. The van der Waals surface area contributed by atoms with Crippen LogP contribution in [0.15, 0.2) is 59.7 Å². The molecule has 0 bridgehead atoms. The lowest BCUT2D eigenvalue weighted by atomic mass is 9.80. The molecule has 9 heteroatoms. The summed E-state index contributed by atoms with van der Waals surface area (Å²) in [6.45, 7) is 0. The lowest BCUT2D eigenvalue weighted by molar-refractivity contribution is 0.0997. The molecule has 0 saturated heterocycles. The summed E-state index contributed by atoms with van der Waals surface area (Å²) in [6, 6.07) is 10.3. The van der Waals surface area contributed by atoms with Crippen LogP contribution in [0.1, 0.15) is 39.5 Å². The van der Waals surface area contributed by atoms with E-state index in [-0.39, 0.29) is 33.3 Å². The average Bonchev–Trinajstić information content (AvgIpc) is 2.82. The Hall–Kier alpha value is -3.65. The molecule has 34 heavy (non-hydrogen) atoms. The van der Waals surface area contributed by atoms with Gasteiger partial charge in [-0.1, -0.05) is 23.7 Å². The molecule has 0 aliphatic heterocycles. The van der Waals surface area contributed by atoms with E-state index in [1.54, 1.807) is 24.3 Å². The highest BCUT2D eigenvalue weighted by molar-refractivity contribution is 6.31. The highest BCUT2D eigenvalue weighted by Crippen LogP contribution is 2.37. The molecule has 174 valence electrons. The lowest BCUT2D eigenvalue weighted by Crippen LogP contribution is -2.17. The minimum atomic E-state index is -0.992. The molecule has 0 unspecified atom stereocenters. The lowest BCUT2D eigenvalue weighted by Gasteiger charge is -2.25. The molecule has 0 fully saturated rings. The van der Waals surface area contributed by atoms with Gasteiger partial charge in [0.25, 0.3) is 5.91 Å². The van der Waals surface area contributed by atoms with Gasteiger partial charge in [0.1, 0.15) is 11.5 Å². The smallest absolute Gasteiger partial charge is 0.268 e. The first kappa shape index (κ1) is 23.5. The van der Waals surface area contributed by atoms with Crippen LogP contribution in [0.5, 0.6) is 0 Å². The van der Waals surface area contributed by atoms with Crippen molar-refractivity contribution in [1.82, 2.24) is 9.97 Å². The SMILES string of the molecule is Fc1ccc2c(c1)CC[C@@H](c1ccc(F)c(F)c1Cl)C2.NC(=O)c1nccc2[nH]ccc(=O)c12. The number of benzene rings is 2. The predicted octanol–water partition coefficient (Wildman–Crippen LogP) is 5.05.